The van der Waals surface area contributed by atoms with Crippen molar-refractivity contribution < 1.29 is 18.0 Å². The van der Waals surface area contributed by atoms with Crippen LogP contribution in [0.1, 0.15) is 71.2 Å². The smallest absolute Gasteiger partial charge is 0.261 e. The molecule has 1 amide bonds. The molecule has 2 aliphatic rings. The number of hydrogen-bond acceptors (Lipinski definition) is 5. The van der Waals surface area contributed by atoms with E-state index < -0.39 is 10.0 Å². The fourth-order valence-corrected chi connectivity index (χ4v) is 7.05. The number of carbonyl (C=O) groups excluding carboxylic acids is 2. The largest absolute Gasteiger partial charge is 0.339 e. The van der Waals surface area contributed by atoms with Crippen molar-refractivity contribution in [1.29, 1.82) is 0 Å². The average molecular weight is 574 g/mol. The van der Waals surface area contributed by atoms with Crippen molar-refractivity contribution >= 4 is 27.4 Å². The first kappa shape index (κ1) is 29.0. The Hall–Kier alpha value is -3.49. The molecule has 0 radical (unpaired) electrons. The highest BCUT2D eigenvalue weighted by atomic mass is 32.2. The first-order chi connectivity index (χ1) is 19.9. The van der Waals surface area contributed by atoms with Gasteiger partial charge in [-0.2, -0.15) is 0 Å². The van der Waals surface area contributed by atoms with Crippen molar-refractivity contribution in [3.05, 3.63) is 95.6 Å². The number of carbonyl (C=O) groups is 2. The molecule has 0 aromatic heterocycles. The van der Waals surface area contributed by atoms with E-state index in [0.717, 1.165) is 44.9 Å². The molecular weight excluding hydrogens is 534 g/mol. The number of anilines is 1. The highest BCUT2D eigenvalue weighted by Gasteiger charge is 2.25. The number of nitrogens with one attached hydrogen (secondary N) is 2. The van der Waals surface area contributed by atoms with Crippen molar-refractivity contribution in [2.75, 3.05) is 30.9 Å². The van der Waals surface area contributed by atoms with Crippen molar-refractivity contribution in [2.24, 2.45) is 11.8 Å². The van der Waals surface area contributed by atoms with E-state index in [1.165, 1.54) is 44.2 Å². The average Bonchev–Trinajstić information content (AvgIpc) is 3.02. The molecule has 2 fully saturated rings. The summed E-state index contributed by atoms with van der Waals surface area (Å²) in [6.45, 7) is 3.78. The summed E-state index contributed by atoms with van der Waals surface area (Å²) in [5.41, 5.74) is 1.43. The zero-order valence-electron chi connectivity index (χ0n) is 23.4. The van der Waals surface area contributed by atoms with Gasteiger partial charge in [0.1, 0.15) is 0 Å². The Morgan fingerprint density at radius 1 is 0.756 bits per heavy atom. The lowest BCUT2D eigenvalue weighted by atomic mass is 9.87. The summed E-state index contributed by atoms with van der Waals surface area (Å²) in [4.78, 5) is 28.1. The van der Waals surface area contributed by atoms with Crippen LogP contribution >= 0.6 is 0 Å². The summed E-state index contributed by atoms with van der Waals surface area (Å²) >= 11 is 0. The minimum absolute atomic E-state index is 0.0310. The molecule has 3 aromatic carbocycles. The van der Waals surface area contributed by atoms with Gasteiger partial charge in [-0.1, -0.05) is 61.7 Å². The van der Waals surface area contributed by atoms with Crippen molar-refractivity contribution in [3.8, 4) is 0 Å². The molecule has 0 aliphatic carbocycles. The number of amides is 1. The van der Waals surface area contributed by atoms with Crippen molar-refractivity contribution in [1.82, 2.24) is 10.2 Å². The number of sulfonamides is 1. The van der Waals surface area contributed by atoms with Crippen LogP contribution in [-0.4, -0.2) is 51.2 Å². The number of ketones is 1. The highest BCUT2D eigenvalue weighted by molar-refractivity contribution is 7.92. The molecule has 0 spiro atoms. The molecule has 2 saturated heterocycles. The topological polar surface area (TPSA) is 95.6 Å². The highest BCUT2D eigenvalue weighted by Crippen LogP contribution is 2.27. The van der Waals surface area contributed by atoms with Gasteiger partial charge in [-0.05, 0) is 87.0 Å². The summed E-state index contributed by atoms with van der Waals surface area (Å²) < 4.78 is 29.0. The monoisotopic (exact) mass is 573 g/mol. The number of likely N-dealkylation sites (tertiary alicyclic amines) is 1. The zero-order valence-corrected chi connectivity index (χ0v) is 24.2. The molecule has 7 nitrogen and oxygen atoms in total. The Bertz CT molecular complexity index is 1430. The van der Waals surface area contributed by atoms with E-state index in [-0.39, 0.29) is 27.8 Å². The first-order valence-electron chi connectivity index (χ1n) is 14.7. The third-order valence-corrected chi connectivity index (χ3v) is 9.83. The van der Waals surface area contributed by atoms with Crippen LogP contribution in [0.15, 0.2) is 83.8 Å². The number of rotatable bonds is 10. The summed E-state index contributed by atoms with van der Waals surface area (Å²) in [5.74, 6) is 1.21. The van der Waals surface area contributed by atoms with E-state index in [0.29, 0.717) is 17.0 Å². The Morgan fingerprint density at radius 2 is 1.37 bits per heavy atom. The second kappa shape index (κ2) is 13.4. The molecule has 0 unspecified atom stereocenters. The molecule has 8 heteroatoms. The maximum absolute atomic E-state index is 13.2. The van der Waals surface area contributed by atoms with E-state index in [4.69, 9.17) is 0 Å². The van der Waals surface area contributed by atoms with Crippen LogP contribution in [0.5, 0.6) is 0 Å². The van der Waals surface area contributed by atoms with Gasteiger partial charge in [0.15, 0.2) is 5.78 Å². The van der Waals surface area contributed by atoms with Crippen LogP contribution in [0, 0.1) is 11.8 Å². The Balaban J connectivity index is 1.16. The van der Waals surface area contributed by atoms with E-state index in [1.54, 1.807) is 60.7 Å². The summed E-state index contributed by atoms with van der Waals surface area (Å²) in [5, 5.41) is 3.43. The maximum atomic E-state index is 13.2. The minimum atomic E-state index is -3.97. The van der Waals surface area contributed by atoms with Crippen LogP contribution < -0.4 is 10.0 Å². The summed E-state index contributed by atoms with van der Waals surface area (Å²) in [6.07, 6.45) is 8.48. The maximum Gasteiger partial charge on any atom is 0.261 e. The molecule has 2 heterocycles. The van der Waals surface area contributed by atoms with Gasteiger partial charge in [0.05, 0.1) is 10.6 Å². The minimum Gasteiger partial charge on any atom is -0.339 e. The Morgan fingerprint density at radius 3 is 2.05 bits per heavy atom. The van der Waals surface area contributed by atoms with Crippen LogP contribution in [0.3, 0.4) is 0 Å². The number of para-hydroxylation sites is 1. The van der Waals surface area contributed by atoms with E-state index in [9.17, 15) is 18.0 Å². The Kier molecular flexibility index (Phi) is 9.52. The van der Waals surface area contributed by atoms with Gasteiger partial charge in [-0.15, -0.1) is 0 Å². The van der Waals surface area contributed by atoms with Gasteiger partial charge < -0.3 is 10.2 Å². The van der Waals surface area contributed by atoms with Crippen LogP contribution in [-0.2, 0) is 10.0 Å². The van der Waals surface area contributed by atoms with E-state index in [2.05, 4.69) is 10.0 Å². The Labute approximate surface area is 243 Å². The normalized spacial score (nSPS) is 16.8. The number of benzene rings is 3. The fraction of sp³-hybridized carbons (Fsp3) is 0.394. The third-order valence-electron chi connectivity index (χ3n) is 8.45. The number of hydrogen-bond donors (Lipinski definition) is 2. The van der Waals surface area contributed by atoms with Gasteiger partial charge in [0.25, 0.3) is 15.9 Å². The van der Waals surface area contributed by atoms with Crippen molar-refractivity contribution in [2.45, 2.75) is 49.8 Å². The molecule has 2 aliphatic heterocycles. The van der Waals surface area contributed by atoms with Gasteiger partial charge in [-0.3, -0.25) is 14.3 Å². The summed E-state index contributed by atoms with van der Waals surface area (Å²) in [6, 6.07) is 21.3. The third kappa shape index (κ3) is 7.43. The number of nitrogens with zero attached hydrogens (tertiary/aromatic N) is 1. The van der Waals surface area contributed by atoms with Gasteiger partial charge in [-0.25, -0.2) is 8.42 Å². The SMILES string of the molecule is O=C(c1ccccc1)c1ccccc1NS(=O)(=O)c1ccc(C(=O)N2CCC(CCCC3CCNCC3)CC2)cc1. The molecule has 3 aromatic rings. The van der Waals surface area contributed by atoms with Crippen LogP contribution in [0.4, 0.5) is 5.69 Å². The lowest BCUT2D eigenvalue weighted by Gasteiger charge is -2.32. The van der Waals surface area contributed by atoms with Crippen molar-refractivity contribution in [3.63, 3.8) is 0 Å². The molecule has 5 rings (SSSR count). The second-order valence-corrected chi connectivity index (χ2v) is 12.9. The lowest BCUT2D eigenvalue weighted by molar-refractivity contribution is 0.0684. The van der Waals surface area contributed by atoms with E-state index >= 15 is 0 Å². The molecule has 216 valence electrons. The van der Waals surface area contributed by atoms with Gasteiger partial charge >= 0.3 is 0 Å². The number of piperidine rings is 2. The molecule has 0 atom stereocenters. The van der Waals surface area contributed by atoms with Gasteiger partial charge in [0, 0.05) is 29.8 Å². The van der Waals surface area contributed by atoms with Crippen LogP contribution in [0.25, 0.3) is 0 Å². The van der Waals surface area contributed by atoms with E-state index in [1.807, 2.05) is 11.0 Å². The standard InChI is InChI=1S/C33H39N3O4S/c37-32(27-9-2-1-3-10-27)30-11-4-5-12-31(30)35-41(39,40)29-15-13-28(14-16-29)33(38)36-23-19-26(20-24-36)8-6-7-25-17-21-34-22-18-25/h1-5,9-16,25-26,34-35H,6-8,17-24H2. The fourth-order valence-electron chi connectivity index (χ4n) is 5.97. The predicted octanol–water partition coefficient (Wildman–Crippen LogP) is 5.74. The first-order valence-corrected chi connectivity index (χ1v) is 16.2. The van der Waals surface area contributed by atoms with Crippen LogP contribution in [0.2, 0.25) is 0 Å². The molecular formula is C33H39N3O4S. The predicted molar refractivity (Wildman–Crippen MR) is 162 cm³/mol. The zero-order chi connectivity index (χ0) is 28.7. The summed E-state index contributed by atoms with van der Waals surface area (Å²) in [7, 11) is -3.97. The molecule has 2 N–H and O–H groups in total. The van der Waals surface area contributed by atoms with Gasteiger partial charge in [0.2, 0.25) is 0 Å². The quantitative estimate of drug-likeness (QED) is 0.302. The molecule has 0 bridgehead atoms. The second-order valence-electron chi connectivity index (χ2n) is 11.2. The lowest BCUT2D eigenvalue weighted by Crippen LogP contribution is -2.38. The molecule has 41 heavy (non-hydrogen) atoms. The molecule has 0 saturated carbocycles.